The summed E-state index contributed by atoms with van der Waals surface area (Å²) in [5, 5.41) is 8.02. The third-order valence-corrected chi connectivity index (χ3v) is 4.80. The maximum Gasteiger partial charge on any atom is 0.0598 e. The number of halogens is 1. The van der Waals surface area contributed by atoms with Crippen molar-refractivity contribution in [3.05, 3.63) is 56.2 Å². The van der Waals surface area contributed by atoms with Crippen LogP contribution in [0.2, 0.25) is 0 Å². The number of thiophene rings is 1. The molecule has 2 aromatic rings. The standard InChI is InChI=1S/C15H18BrNS/c1-3-8-17-15(13-9-18-10-14(13)16)12-7-5-4-6-11(12)2/h4-7,9-10,15,17H,3,8H2,1-2H3. The highest BCUT2D eigenvalue weighted by atomic mass is 79.9. The predicted octanol–water partition coefficient (Wildman–Crippen LogP) is 4.91. The largest absolute Gasteiger partial charge is 0.306 e. The summed E-state index contributed by atoms with van der Waals surface area (Å²) in [6.07, 6.45) is 1.14. The van der Waals surface area contributed by atoms with Gasteiger partial charge in [0.2, 0.25) is 0 Å². The Balaban J connectivity index is 2.37. The number of aryl methyl sites for hydroxylation is 1. The fourth-order valence-electron chi connectivity index (χ4n) is 2.08. The summed E-state index contributed by atoms with van der Waals surface area (Å²) in [7, 11) is 0. The van der Waals surface area contributed by atoms with E-state index in [4.69, 9.17) is 0 Å². The molecule has 0 aliphatic carbocycles. The van der Waals surface area contributed by atoms with Crippen molar-refractivity contribution in [1.29, 1.82) is 0 Å². The summed E-state index contributed by atoms with van der Waals surface area (Å²) < 4.78 is 1.20. The van der Waals surface area contributed by atoms with Gasteiger partial charge in [-0.2, -0.15) is 11.3 Å². The first-order valence-corrected chi connectivity index (χ1v) is 7.98. The molecule has 1 nitrogen and oxygen atoms in total. The quantitative estimate of drug-likeness (QED) is 0.824. The zero-order valence-corrected chi connectivity index (χ0v) is 13.1. The molecule has 0 saturated carbocycles. The predicted molar refractivity (Wildman–Crippen MR) is 83.3 cm³/mol. The number of nitrogens with one attached hydrogen (secondary N) is 1. The van der Waals surface area contributed by atoms with Gasteiger partial charge in [0.05, 0.1) is 6.04 Å². The van der Waals surface area contributed by atoms with Crippen LogP contribution in [0.4, 0.5) is 0 Å². The second-order valence-corrected chi connectivity index (χ2v) is 6.02. The molecule has 2 rings (SSSR count). The van der Waals surface area contributed by atoms with Gasteiger partial charge in [-0.05, 0) is 57.9 Å². The van der Waals surface area contributed by atoms with Gasteiger partial charge in [-0.25, -0.2) is 0 Å². The molecular formula is C15H18BrNS. The Labute approximate surface area is 121 Å². The van der Waals surface area contributed by atoms with E-state index < -0.39 is 0 Å². The first kappa shape index (κ1) is 13.8. The Bertz CT molecular complexity index is 507. The van der Waals surface area contributed by atoms with Crippen LogP contribution in [-0.2, 0) is 0 Å². The van der Waals surface area contributed by atoms with Crippen LogP contribution in [0.3, 0.4) is 0 Å². The molecule has 0 aliphatic rings. The highest BCUT2D eigenvalue weighted by Crippen LogP contribution is 2.32. The summed E-state index contributed by atoms with van der Waals surface area (Å²) in [5.41, 5.74) is 4.04. The Kier molecular flexibility index (Phi) is 4.98. The molecule has 0 amide bonds. The lowest BCUT2D eigenvalue weighted by atomic mass is 9.97. The van der Waals surface area contributed by atoms with Crippen molar-refractivity contribution >= 4 is 27.3 Å². The van der Waals surface area contributed by atoms with Gasteiger partial charge in [0.25, 0.3) is 0 Å². The fourth-order valence-corrected chi connectivity index (χ4v) is 3.64. The van der Waals surface area contributed by atoms with Crippen molar-refractivity contribution in [2.75, 3.05) is 6.54 Å². The van der Waals surface area contributed by atoms with Crippen molar-refractivity contribution in [3.8, 4) is 0 Å². The van der Waals surface area contributed by atoms with Gasteiger partial charge in [0.1, 0.15) is 0 Å². The van der Waals surface area contributed by atoms with Crippen LogP contribution in [-0.4, -0.2) is 6.54 Å². The zero-order valence-electron chi connectivity index (χ0n) is 10.7. The highest BCUT2D eigenvalue weighted by Gasteiger charge is 2.18. The normalized spacial score (nSPS) is 12.6. The van der Waals surface area contributed by atoms with Crippen molar-refractivity contribution in [2.45, 2.75) is 26.3 Å². The SMILES string of the molecule is CCCNC(c1ccccc1C)c1cscc1Br. The van der Waals surface area contributed by atoms with Gasteiger partial charge in [0, 0.05) is 9.85 Å². The van der Waals surface area contributed by atoms with Crippen molar-refractivity contribution in [1.82, 2.24) is 5.32 Å². The first-order valence-electron chi connectivity index (χ1n) is 6.24. The second-order valence-electron chi connectivity index (χ2n) is 4.42. The van der Waals surface area contributed by atoms with Crippen LogP contribution in [0.25, 0.3) is 0 Å². The third-order valence-electron chi connectivity index (χ3n) is 3.05. The maximum absolute atomic E-state index is 3.65. The Morgan fingerprint density at radius 2 is 2.00 bits per heavy atom. The molecule has 1 atom stereocenters. The molecule has 0 bridgehead atoms. The van der Waals surface area contributed by atoms with Crippen LogP contribution in [0.1, 0.15) is 36.1 Å². The summed E-state index contributed by atoms with van der Waals surface area (Å²) >= 11 is 5.39. The Morgan fingerprint density at radius 1 is 1.22 bits per heavy atom. The van der Waals surface area contributed by atoms with Gasteiger partial charge in [0.15, 0.2) is 0 Å². The molecule has 96 valence electrons. The molecule has 0 saturated heterocycles. The van der Waals surface area contributed by atoms with Gasteiger partial charge < -0.3 is 5.32 Å². The Hall–Kier alpha value is -0.640. The van der Waals surface area contributed by atoms with E-state index in [0.717, 1.165) is 13.0 Å². The number of benzene rings is 1. The van der Waals surface area contributed by atoms with Crippen LogP contribution < -0.4 is 5.32 Å². The lowest BCUT2D eigenvalue weighted by Crippen LogP contribution is -2.23. The van der Waals surface area contributed by atoms with Gasteiger partial charge >= 0.3 is 0 Å². The molecule has 1 aromatic heterocycles. The molecule has 1 unspecified atom stereocenters. The van der Waals surface area contributed by atoms with Crippen molar-refractivity contribution < 1.29 is 0 Å². The van der Waals surface area contributed by atoms with Crippen LogP contribution in [0, 0.1) is 6.92 Å². The van der Waals surface area contributed by atoms with Crippen LogP contribution >= 0.6 is 27.3 Å². The van der Waals surface area contributed by atoms with E-state index in [9.17, 15) is 0 Å². The summed E-state index contributed by atoms with van der Waals surface area (Å²) in [5.74, 6) is 0. The van der Waals surface area contributed by atoms with Gasteiger partial charge in [-0.3, -0.25) is 0 Å². The molecular weight excluding hydrogens is 306 g/mol. The lowest BCUT2D eigenvalue weighted by molar-refractivity contribution is 0.596. The van der Waals surface area contributed by atoms with Crippen LogP contribution in [0.5, 0.6) is 0 Å². The van der Waals surface area contributed by atoms with E-state index in [-0.39, 0.29) is 6.04 Å². The van der Waals surface area contributed by atoms with E-state index in [1.807, 2.05) is 0 Å². The molecule has 0 fully saturated rings. The minimum absolute atomic E-state index is 0.284. The molecule has 1 heterocycles. The molecule has 0 radical (unpaired) electrons. The molecule has 0 aliphatic heterocycles. The van der Waals surface area contributed by atoms with E-state index in [1.54, 1.807) is 11.3 Å². The summed E-state index contributed by atoms with van der Waals surface area (Å²) in [6.45, 7) is 5.40. The topological polar surface area (TPSA) is 12.0 Å². The smallest absolute Gasteiger partial charge is 0.0598 e. The molecule has 1 aromatic carbocycles. The zero-order chi connectivity index (χ0) is 13.0. The van der Waals surface area contributed by atoms with Crippen LogP contribution in [0.15, 0.2) is 39.5 Å². The minimum atomic E-state index is 0.284. The number of hydrogen-bond acceptors (Lipinski definition) is 2. The van der Waals surface area contributed by atoms with E-state index in [1.165, 1.54) is 21.2 Å². The Morgan fingerprint density at radius 3 is 2.61 bits per heavy atom. The van der Waals surface area contributed by atoms with Gasteiger partial charge in [-0.15, -0.1) is 0 Å². The molecule has 3 heteroatoms. The van der Waals surface area contributed by atoms with Crippen molar-refractivity contribution in [2.24, 2.45) is 0 Å². The molecule has 18 heavy (non-hydrogen) atoms. The maximum atomic E-state index is 3.65. The van der Waals surface area contributed by atoms with Gasteiger partial charge in [-0.1, -0.05) is 31.2 Å². The number of hydrogen-bond donors (Lipinski definition) is 1. The lowest BCUT2D eigenvalue weighted by Gasteiger charge is -2.21. The monoisotopic (exact) mass is 323 g/mol. The molecule has 0 spiro atoms. The summed E-state index contributed by atoms with van der Waals surface area (Å²) in [6, 6.07) is 8.89. The fraction of sp³-hybridized carbons (Fsp3) is 0.333. The first-order chi connectivity index (χ1) is 8.74. The van der Waals surface area contributed by atoms with E-state index in [0.29, 0.717) is 0 Å². The second kappa shape index (κ2) is 6.50. The average Bonchev–Trinajstić information content (AvgIpc) is 2.78. The van der Waals surface area contributed by atoms with E-state index >= 15 is 0 Å². The summed E-state index contributed by atoms with van der Waals surface area (Å²) in [4.78, 5) is 0. The highest BCUT2D eigenvalue weighted by molar-refractivity contribution is 9.10. The van der Waals surface area contributed by atoms with Crippen molar-refractivity contribution in [3.63, 3.8) is 0 Å². The molecule has 1 N–H and O–H groups in total. The van der Waals surface area contributed by atoms with E-state index in [2.05, 4.69) is 70.1 Å². The minimum Gasteiger partial charge on any atom is -0.306 e. The third kappa shape index (κ3) is 3.02. The number of rotatable bonds is 5. The average molecular weight is 324 g/mol.